The molecule has 0 N–H and O–H groups in total. The molecule has 0 fully saturated rings. The van der Waals surface area contributed by atoms with Crippen molar-refractivity contribution in [2.75, 3.05) is 14.7 Å². The third kappa shape index (κ3) is 7.99. The zero-order chi connectivity index (χ0) is 54.3. The lowest BCUT2D eigenvalue weighted by molar-refractivity contribution is 0.332. The standard InChI is InChI=1S/C74H74BN3/c1-48-33-34-51(49-25-17-13-18-26-49)39-64(48)78-66-46-60-58(73(9,10)47-74(60,11)12)44-62(66)75-61-43-57-59(72(7,8)38-37-71(57,5)6)45-65(61)77(63-36-35-52(70(2,3)4)40-56(63)50-27-19-14-20-28-50)67-41-55(42-68(78)69(67)75)76(53-29-21-15-22-30-53)54-31-23-16-24-32-54/h13-36,39-46H,37-38,47H2,1-12H3. The molecule has 0 amide bonds. The molecule has 0 saturated heterocycles. The predicted molar refractivity (Wildman–Crippen MR) is 335 cm³/mol. The second kappa shape index (κ2) is 17.7. The van der Waals surface area contributed by atoms with Gasteiger partial charge in [0, 0.05) is 45.4 Å². The largest absolute Gasteiger partial charge is 0.311 e. The molecule has 0 radical (unpaired) electrons. The number of anilines is 9. The van der Waals surface area contributed by atoms with E-state index in [2.05, 4.69) is 292 Å². The van der Waals surface area contributed by atoms with Crippen LogP contribution in [0.25, 0.3) is 22.3 Å². The molecular formula is C74H74BN3. The van der Waals surface area contributed by atoms with Crippen LogP contribution in [0, 0.1) is 6.92 Å². The van der Waals surface area contributed by atoms with E-state index in [1.807, 2.05) is 0 Å². The number of aryl methyl sites for hydroxylation is 1. The van der Waals surface area contributed by atoms with Crippen molar-refractivity contribution in [1.82, 2.24) is 0 Å². The number of fused-ring (bicyclic) bond motifs is 6. The van der Waals surface area contributed by atoms with Gasteiger partial charge in [0.25, 0.3) is 6.71 Å². The molecule has 9 aromatic carbocycles. The number of hydrogen-bond donors (Lipinski definition) is 0. The van der Waals surface area contributed by atoms with Crippen LogP contribution in [0.3, 0.4) is 0 Å². The van der Waals surface area contributed by atoms with Gasteiger partial charge in [-0.1, -0.05) is 204 Å². The van der Waals surface area contributed by atoms with E-state index in [9.17, 15) is 0 Å². The van der Waals surface area contributed by atoms with Crippen LogP contribution in [0.5, 0.6) is 0 Å². The average Bonchev–Trinajstić information content (AvgIpc) is 3.66. The Morgan fingerprint density at radius 1 is 0.397 bits per heavy atom. The summed E-state index contributed by atoms with van der Waals surface area (Å²) in [7, 11) is 0. The molecule has 2 aliphatic heterocycles. The van der Waals surface area contributed by atoms with Gasteiger partial charge in [0.05, 0.1) is 11.4 Å². The molecule has 2 aliphatic carbocycles. The van der Waals surface area contributed by atoms with Crippen LogP contribution in [-0.2, 0) is 27.1 Å². The van der Waals surface area contributed by atoms with Crippen LogP contribution >= 0.6 is 0 Å². The van der Waals surface area contributed by atoms with Gasteiger partial charge in [-0.25, -0.2) is 0 Å². The lowest BCUT2D eigenvalue weighted by atomic mass is 9.33. The van der Waals surface area contributed by atoms with E-state index < -0.39 is 0 Å². The molecule has 0 bridgehead atoms. The lowest BCUT2D eigenvalue weighted by Crippen LogP contribution is -2.62. The summed E-state index contributed by atoms with van der Waals surface area (Å²) in [6, 6.07) is 74.4. The maximum atomic E-state index is 2.71. The van der Waals surface area contributed by atoms with E-state index in [4.69, 9.17) is 0 Å². The Morgan fingerprint density at radius 2 is 0.859 bits per heavy atom. The summed E-state index contributed by atoms with van der Waals surface area (Å²) in [4.78, 5) is 7.89. The highest BCUT2D eigenvalue weighted by Gasteiger charge is 2.50. The Kier molecular flexibility index (Phi) is 11.4. The molecule has 4 heteroatoms. The maximum absolute atomic E-state index is 2.71. The van der Waals surface area contributed by atoms with Crippen LogP contribution in [0.1, 0.15) is 129 Å². The van der Waals surface area contributed by atoms with Gasteiger partial charge in [0.2, 0.25) is 0 Å². The van der Waals surface area contributed by atoms with Crippen LogP contribution in [0.15, 0.2) is 194 Å². The molecule has 4 aliphatic rings. The van der Waals surface area contributed by atoms with E-state index in [0.29, 0.717) is 0 Å². The first-order valence-corrected chi connectivity index (χ1v) is 28.6. The average molecular weight is 1020 g/mol. The zero-order valence-electron chi connectivity index (χ0n) is 48.0. The molecule has 9 aromatic rings. The van der Waals surface area contributed by atoms with Gasteiger partial charge >= 0.3 is 0 Å². The first kappa shape index (κ1) is 50.0. The molecule has 0 unspecified atom stereocenters. The minimum Gasteiger partial charge on any atom is -0.311 e. The number of hydrogen-bond acceptors (Lipinski definition) is 3. The van der Waals surface area contributed by atoms with E-state index in [1.165, 1.54) is 106 Å². The van der Waals surface area contributed by atoms with Gasteiger partial charge in [-0.05, 0) is 186 Å². The third-order valence-corrected chi connectivity index (χ3v) is 18.5. The summed E-state index contributed by atoms with van der Waals surface area (Å²) in [6.07, 6.45) is 3.37. The first-order valence-electron chi connectivity index (χ1n) is 28.6. The molecule has 78 heavy (non-hydrogen) atoms. The topological polar surface area (TPSA) is 9.72 Å². The summed E-state index contributed by atoms with van der Waals surface area (Å²) < 4.78 is 0. The molecule has 3 nitrogen and oxygen atoms in total. The number of benzene rings is 9. The van der Waals surface area contributed by atoms with E-state index >= 15 is 0 Å². The monoisotopic (exact) mass is 1020 g/mol. The second-order valence-electron chi connectivity index (χ2n) is 26.8. The fourth-order valence-electron chi connectivity index (χ4n) is 14.5. The molecule has 2 heterocycles. The fourth-order valence-corrected chi connectivity index (χ4v) is 14.5. The van der Waals surface area contributed by atoms with Crippen molar-refractivity contribution in [1.29, 1.82) is 0 Å². The van der Waals surface area contributed by atoms with Crippen LogP contribution < -0.4 is 31.1 Å². The van der Waals surface area contributed by atoms with Crippen molar-refractivity contribution in [2.24, 2.45) is 0 Å². The van der Waals surface area contributed by atoms with Gasteiger partial charge in [0.1, 0.15) is 0 Å². The highest BCUT2D eigenvalue weighted by Crippen LogP contribution is 2.56. The van der Waals surface area contributed by atoms with E-state index in [1.54, 1.807) is 0 Å². The van der Waals surface area contributed by atoms with Crippen LogP contribution in [0.2, 0.25) is 0 Å². The van der Waals surface area contributed by atoms with Crippen LogP contribution in [-0.4, -0.2) is 6.71 Å². The van der Waals surface area contributed by atoms with Gasteiger partial charge in [-0.15, -0.1) is 0 Å². The van der Waals surface area contributed by atoms with Crippen molar-refractivity contribution >= 4 is 74.3 Å². The SMILES string of the molecule is Cc1ccc(-c2ccccc2)cc1N1c2cc3c(cc2B2c4cc5c(cc4N(c4ccc(C(C)(C)C)cc4-c4ccccc4)c4cc(N(c6ccccc6)c6ccccc6)cc1c42)C(C)(C)CCC5(C)C)C(C)(C)CC3(C)C. The van der Waals surface area contributed by atoms with Crippen molar-refractivity contribution in [2.45, 2.75) is 129 Å². The Bertz CT molecular complexity index is 3790. The Hall–Kier alpha value is -7.56. The number of nitrogens with zero attached hydrogens (tertiary/aromatic N) is 3. The van der Waals surface area contributed by atoms with Crippen molar-refractivity contribution < 1.29 is 0 Å². The summed E-state index contributed by atoms with van der Waals surface area (Å²) in [5.74, 6) is 0. The van der Waals surface area contributed by atoms with E-state index in [0.717, 1.165) is 36.3 Å². The molecule has 0 spiro atoms. The number of rotatable bonds is 7. The maximum Gasteiger partial charge on any atom is 0.252 e. The summed E-state index contributed by atoms with van der Waals surface area (Å²) in [5, 5.41) is 0. The fraction of sp³-hybridized carbons (Fsp3) is 0.270. The minimum absolute atomic E-state index is 0.00439. The summed E-state index contributed by atoms with van der Waals surface area (Å²) in [5.41, 5.74) is 28.0. The quantitative estimate of drug-likeness (QED) is 0.147. The molecule has 0 saturated carbocycles. The Morgan fingerprint density at radius 3 is 1.38 bits per heavy atom. The third-order valence-electron chi connectivity index (χ3n) is 18.5. The Labute approximate surface area is 465 Å². The van der Waals surface area contributed by atoms with Gasteiger partial charge in [-0.3, -0.25) is 0 Å². The van der Waals surface area contributed by atoms with Gasteiger partial charge in [-0.2, -0.15) is 0 Å². The predicted octanol–water partition coefficient (Wildman–Crippen LogP) is 18.5. The zero-order valence-corrected chi connectivity index (χ0v) is 48.0. The van der Waals surface area contributed by atoms with Crippen molar-refractivity contribution in [3.8, 4) is 22.3 Å². The summed E-state index contributed by atoms with van der Waals surface area (Å²) >= 11 is 0. The minimum atomic E-state index is -0.0639. The first-order chi connectivity index (χ1) is 37.2. The molecule has 388 valence electrons. The van der Waals surface area contributed by atoms with Crippen molar-refractivity contribution in [3.05, 3.63) is 228 Å². The van der Waals surface area contributed by atoms with Gasteiger partial charge in [0.15, 0.2) is 0 Å². The highest BCUT2D eigenvalue weighted by molar-refractivity contribution is 7.00. The molecule has 0 atom stereocenters. The van der Waals surface area contributed by atoms with Crippen molar-refractivity contribution in [3.63, 3.8) is 0 Å². The van der Waals surface area contributed by atoms with Gasteiger partial charge < -0.3 is 14.7 Å². The van der Waals surface area contributed by atoms with Crippen LogP contribution in [0.4, 0.5) is 51.2 Å². The lowest BCUT2D eigenvalue weighted by Gasteiger charge is -2.48. The molecule has 13 rings (SSSR count). The highest BCUT2D eigenvalue weighted by atomic mass is 15.2. The molecular weight excluding hydrogens is 942 g/mol. The van der Waals surface area contributed by atoms with E-state index in [-0.39, 0.29) is 33.8 Å². The Balaban J connectivity index is 1.23. The smallest absolute Gasteiger partial charge is 0.252 e. The number of para-hydroxylation sites is 2. The molecule has 0 aromatic heterocycles. The second-order valence-corrected chi connectivity index (χ2v) is 26.8. The summed E-state index contributed by atoms with van der Waals surface area (Å²) in [6.45, 7) is 29.2. The normalized spacial score (nSPS) is 16.9.